The average Bonchev–Trinajstić information content (AvgIpc) is 2.66. The lowest BCUT2D eigenvalue weighted by atomic mass is 9.93. The Bertz CT molecular complexity index is 740. The maximum atomic E-state index is 12.9. The normalized spacial score (nSPS) is 21.2. The molecule has 7 nitrogen and oxygen atoms in total. The molecule has 2 aliphatic heterocycles. The maximum absolute atomic E-state index is 12.9. The van der Waals surface area contributed by atoms with E-state index in [9.17, 15) is 9.59 Å². The van der Waals surface area contributed by atoms with Crippen LogP contribution >= 0.6 is 0 Å². The smallest absolute Gasteiger partial charge is 0.338 e. The van der Waals surface area contributed by atoms with Gasteiger partial charge in [-0.1, -0.05) is 29.8 Å². The Morgan fingerprint density at radius 1 is 1.33 bits per heavy atom. The monoisotopic (exact) mass is 373 g/mol. The van der Waals surface area contributed by atoms with Gasteiger partial charge in [-0.05, 0) is 19.4 Å². The molecule has 0 saturated carbocycles. The van der Waals surface area contributed by atoms with E-state index in [1.165, 1.54) is 4.90 Å². The van der Waals surface area contributed by atoms with Crippen LogP contribution in [0.1, 0.15) is 24.1 Å². The molecule has 0 unspecified atom stereocenters. The van der Waals surface area contributed by atoms with Gasteiger partial charge in [-0.3, -0.25) is 9.80 Å². The van der Waals surface area contributed by atoms with E-state index in [2.05, 4.69) is 10.2 Å². The molecule has 7 heteroatoms. The van der Waals surface area contributed by atoms with Crippen molar-refractivity contribution in [2.24, 2.45) is 0 Å². The van der Waals surface area contributed by atoms with Gasteiger partial charge in [0.2, 0.25) is 0 Å². The van der Waals surface area contributed by atoms with Gasteiger partial charge in [-0.25, -0.2) is 9.59 Å². The largest absolute Gasteiger partial charge is 0.463 e. The summed E-state index contributed by atoms with van der Waals surface area (Å²) in [7, 11) is 1.69. The quantitative estimate of drug-likeness (QED) is 0.798. The number of esters is 1. The molecule has 146 valence electrons. The Kier molecular flexibility index (Phi) is 6.13. The van der Waals surface area contributed by atoms with Gasteiger partial charge in [0.1, 0.15) is 0 Å². The number of nitrogens with zero attached hydrogens (tertiary/aromatic N) is 2. The van der Waals surface area contributed by atoms with Gasteiger partial charge in [0.25, 0.3) is 0 Å². The minimum atomic E-state index is -0.524. The Morgan fingerprint density at radius 3 is 2.74 bits per heavy atom. The van der Waals surface area contributed by atoms with E-state index >= 15 is 0 Å². The fraction of sp³-hybridized carbons (Fsp3) is 0.500. The Hall–Kier alpha value is -2.38. The highest BCUT2D eigenvalue weighted by atomic mass is 16.5. The molecule has 3 rings (SSSR count). The number of amides is 2. The Labute approximate surface area is 159 Å². The molecule has 2 heterocycles. The van der Waals surface area contributed by atoms with Crippen LogP contribution in [0.5, 0.6) is 0 Å². The number of urea groups is 1. The molecular weight excluding hydrogens is 346 g/mol. The number of likely N-dealkylation sites (N-methyl/N-ethyl adjacent to an activating group) is 1. The summed E-state index contributed by atoms with van der Waals surface area (Å²) in [5.74, 6) is -0.390. The molecule has 0 aromatic heterocycles. The van der Waals surface area contributed by atoms with Crippen LogP contribution in [0, 0.1) is 6.92 Å². The zero-order valence-corrected chi connectivity index (χ0v) is 16.2. The highest BCUT2D eigenvalue weighted by Crippen LogP contribution is 2.31. The highest BCUT2D eigenvalue weighted by molar-refractivity contribution is 5.95. The molecule has 0 spiro atoms. The third kappa shape index (κ3) is 4.31. The van der Waals surface area contributed by atoms with Crippen molar-refractivity contribution in [3.05, 3.63) is 46.7 Å². The summed E-state index contributed by atoms with van der Waals surface area (Å²) in [5.41, 5.74) is 3.12. The number of carbonyl (C=O) groups is 2. The summed E-state index contributed by atoms with van der Waals surface area (Å²) in [4.78, 5) is 29.2. The number of ether oxygens (including phenoxy) is 2. The first-order valence-corrected chi connectivity index (χ1v) is 9.32. The second-order valence-electron chi connectivity index (χ2n) is 6.83. The maximum Gasteiger partial charge on any atom is 0.338 e. The summed E-state index contributed by atoms with van der Waals surface area (Å²) >= 11 is 0. The van der Waals surface area contributed by atoms with E-state index < -0.39 is 6.04 Å². The molecule has 1 saturated heterocycles. The molecule has 2 amide bonds. The third-order valence-electron chi connectivity index (χ3n) is 4.92. The molecule has 2 aliphatic rings. The van der Waals surface area contributed by atoms with Crippen LogP contribution in [-0.2, 0) is 14.3 Å². The molecule has 1 atom stereocenters. The predicted octanol–water partition coefficient (Wildman–Crippen LogP) is 1.84. The van der Waals surface area contributed by atoms with Crippen molar-refractivity contribution < 1.29 is 19.1 Å². The Balaban J connectivity index is 2.04. The lowest BCUT2D eigenvalue weighted by Crippen LogP contribution is -2.50. The van der Waals surface area contributed by atoms with Crippen LogP contribution in [0.2, 0.25) is 0 Å². The summed E-state index contributed by atoms with van der Waals surface area (Å²) in [6.45, 7) is 7.40. The minimum Gasteiger partial charge on any atom is -0.463 e. The van der Waals surface area contributed by atoms with Crippen molar-refractivity contribution in [1.82, 2.24) is 15.1 Å². The van der Waals surface area contributed by atoms with Gasteiger partial charge in [0, 0.05) is 32.4 Å². The number of morpholine rings is 1. The number of hydrogen-bond acceptors (Lipinski definition) is 5. The number of benzene rings is 1. The van der Waals surface area contributed by atoms with Crippen LogP contribution in [0.4, 0.5) is 4.79 Å². The van der Waals surface area contributed by atoms with Crippen LogP contribution in [0.15, 0.2) is 35.5 Å². The third-order valence-corrected chi connectivity index (χ3v) is 4.92. The number of rotatable bonds is 5. The van der Waals surface area contributed by atoms with Gasteiger partial charge in [-0.15, -0.1) is 0 Å². The van der Waals surface area contributed by atoms with Crippen molar-refractivity contribution in [3.63, 3.8) is 0 Å². The van der Waals surface area contributed by atoms with Gasteiger partial charge < -0.3 is 14.8 Å². The second kappa shape index (κ2) is 8.54. The molecule has 1 aromatic rings. The molecule has 27 heavy (non-hydrogen) atoms. The summed E-state index contributed by atoms with van der Waals surface area (Å²) in [6, 6.07) is 7.08. The van der Waals surface area contributed by atoms with Crippen molar-refractivity contribution in [2.45, 2.75) is 19.9 Å². The summed E-state index contributed by atoms with van der Waals surface area (Å²) in [5, 5.41) is 2.95. The van der Waals surface area contributed by atoms with Gasteiger partial charge in [-0.2, -0.15) is 0 Å². The number of aryl methyl sites for hydroxylation is 1. The summed E-state index contributed by atoms with van der Waals surface area (Å²) < 4.78 is 10.8. The Morgan fingerprint density at radius 2 is 2.07 bits per heavy atom. The molecule has 0 radical (unpaired) electrons. The lowest BCUT2D eigenvalue weighted by Gasteiger charge is -2.37. The fourth-order valence-electron chi connectivity index (χ4n) is 3.47. The topological polar surface area (TPSA) is 71.1 Å². The minimum absolute atomic E-state index is 0.224. The molecule has 0 aliphatic carbocycles. The van der Waals surface area contributed by atoms with E-state index in [1.807, 2.05) is 31.2 Å². The van der Waals surface area contributed by atoms with Gasteiger partial charge >= 0.3 is 12.0 Å². The standard InChI is InChI=1S/C20H27N3O4/c1-4-27-19(24)17-16(13-23-8-10-26-11-9-23)22(3)20(25)21-18(17)15-7-5-6-14(2)12-15/h5-7,12,18H,4,8-11,13H2,1-3H3,(H,21,25)/t18-/m1/s1. The molecular formula is C20H27N3O4. The first-order valence-electron chi connectivity index (χ1n) is 9.32. The average molecular weight is 373 g/mol. The van der Waals surface area contributed by atoms with Crippen LogP contribution in [-0.4, -0.2) is 68.3 Å². The SMILES string of the molecule is CCOC(=O)C1=C(CN2CCOCC2)N(C)C(=O)N[C@@H]1c1cccc(C)c1. The molecule has 0 bridgehead atoms. The molecule has 1 N–H and O–H groups in total. The van der Waals surface area contributed by atoms with Crippen LogP contribution in [0.3, 0.4) is 0 Å². The molecule has 1 fully saturated rings. The lowest BCUT2D eigenvalue weighted by molar-refractivity contribution is -0.139. The van der Waals surface area contributed by atoms with Crippen molar-refractivity contribution >= 4 is 12.0 Å². The van der Waals surface area contributed by atoms with E-state index in [-0.39, 0.29) is 18.6 Å². The van der Waals surface area contributed by atoms with Crippen molar-refractivity contribution in [1.29, 1.82) is 0 Å². The highest BCUT2D eigenvalue weighted by Gasteiger charge is 2.37. The van der Waals surface area contributed by atoms with E-state index in [4.69, 9.17) is 9.47 Å². The zero-order chi connectivity index (χ0) is 19.4. The molecule has 1 aromatic carbocycles. The first kappa shape index (κ1) is 19.4. The number of nitrogens with one attached hydrogen (secondary N) is 1. The van der Waals surface area contributed by atoms with E-state index in [0.717, 1.165) is 24.2 Å². The van der Waals surface area contributed by atoms with Crippen LogP contribution < -0.4 is 5.32 Å². The van der Waals surface area contributed by atoms with Gasteiger partial charge in [0.15, 0.2) is 0 Å². The van der Waals surface area contributed by atoms with E-state index in [0.29, 0.717) is 31.0 Å². The van der Waals surface area contributed by atoms with Crippen LogP contribution in [0.25, 0.3) is 0 Å². The predicted molar refractivity (Wildman–Crippen MR) is 101 cm³/mol. The number of hydrogen-bond donors (Lipinski definition) is 1. The van der Waals surface area contributed by atoms with E-state index in [1.54, 1.807) is 14.0 Å². The van der Waals surface area contributed by atoms with Crippen molar-refractivity contribution in [3.8, 4) is 0 Å². The number of carbonyl (C=O) groups excluding carboxylic acids is 2. The first-order chi connectivity index (χ1) is 13.0. The van der Waals surface area contributed by atoms with Crippen molar-refractivity contribution in [2.75, 3.05) is 46.5 Å². The fourth-order valence-corrected chi connectivity index (χ4v) is 3.47. The second-order valence-corrected chi connectivity index (χ2v) is 6.83. The summed E-state index contributed by atoms with van der Waals surface area (Å²) in [6.07, 6.45) is 0. The zero-order valence-electron chi connectivity index (χ0n) is 16.2. The van der Waals surface area contributed by atoms with Gasteiger partial charge in [0.05, 0.1) is 31.4 Å².